The Kier molecular flexibility index (Phi) is 3.44. The number of aromatic nitrogens is 4. The molecule has 0 aliphatic carbocycles. The van der Waals surface area contributed by atoms with E-state index in [1.807, 2.05) is 35.1 Å². The maximum atomic E-state index is 5.99. The SMILES string of the molecule is ClCc1nc2cc(Cl)ccc2n1CCn1cccn1. The Morgan fingerprint density at radius 1 is 1.21 bits per heavy atom. The minimum Gasteiger partial charge on any atom is -0.325 e. The summed E-state index contributed by atoms with van der Waals surface area (Å²) >= 11 is 12.0. The average molecular weight is 295 g/mol. The van der Waals surface area contributed by atoms with Gasteiger partial charge in [-0.2, -0.15) is 5.10 Å². The third kappa shape index (κ3) is 2.46. The van der Waals surface area contributed by atoms with Crippen molar-refractivity contribution in [2.75, 3.05) is 0 Å². The standard InChI is InChI=1S/C13H12Cl2N4/c14-9-13-17-11-8-10(15)2-3-12(11)19(13)7-6-18-5-1-4-16-18/h1-5,8H,6-7,9H2. The molecule has 0 saturated carbocycles. The fourth-order valence-electron chi connectivity index (χ4n) is 2.14. The maximum absolute atomic E-state index is 5.99. The van der Waals surface area contributed by atoms with E-state index in [1.54, 1.807) is 6.20 Å². The van der Waals surface area contributed by atoms with Crippen molar-refractivity contribution >= 4 is 34.2 Å². The molecule has 0 bridgehead atoms. The zero-order valence-electron chi connectivity index (χ0n) is 10.1. The summed E-state index contributed by atoms with van der Waals surface area (Å²) in [4.78, 5) is 4.51. The molecule has 0 radical (unpaired) electrons. The molecule has 0 aliphatic rings. The smallest absolute Gasteiger partial charge is 0.124 e. The van der Waals surface area contributed by atoms with E-state index in [0.717, 1.165) is 29.9 Å². The van der Waals surface area contributed by atoms with E-state index in [0.29, 0.717) is 10.9 Å². The van der Waals surface area contributed by atoms with Crippen molar-refractivity contribution in [3.8, 4) is 0 Å². The van der Waals surface area contributed by atoms with Crippen LogP contribution in [-0.2, 0) is 19.0 Å². The summed E-state index contributed by atoms with van der Waals surface area (Å²) in [6.45, 7) is 1.56. The third-order valence-electron chi connectivity index (χ3n) is 3.02. The van der Waals surface area contributed by atoms with Crippen LogP contribution in [0.25, 0.3) is 11.0 Å². The number of alkyl halides is 1. The summed E-state index contributed by atoms with van der Waals surface area (Å²) in [6.07, 6.45) is 3.71. The second-order valence-corrected chi connectivity index (χ2v) is 4.92. The maximum Gasteiger partial charge on any atom is 0.124 e. The molecule has 6 heteroatoms. The first kappa shape index (κ1) is 12.5. The van der Waals surface area contributed by atoms with E-state index >= 15 is 0 Å². The van der Waals surface area contributed by atoms with Crippen LogP contribution in [0.5, 0.6) is 0 Å². The van der Waals surface area contributed by atoms with Gasteiger partial charge in [-0.05, 0) is 24.3 Å². The van der Waals surface area contributed by atoms with Crippen molar-refractivity contribution in [1.82, 2.24) is 19.3 Å². The van der Waals surface area contributed by atoms with E-state index in [9.17, 15) is 0 Å². The number of benzene rings is 1. The molecule has 3 aromatic rings. The van der Waals surface area contributed by atoms with Gasteiger partial charge in [-0.3, -0.25) is 4.68 Å². The second-order valence-electron chi connectivity index (χ2n) is 4.22. The molecular weight excluding hydrogens is 283 g/mol. The zero-order valence-corrected chi connectivity index (χ0v) is 11.6. The predicted molar refractivity (Wildman–Crippen MR) is 76.5 cm³/mol. The van der Waals surface area contributed by atoms with E-state index < -0.39 is 0 Å². The molecule has 0 atom stereocenters. The molecule has 98 valence electrons. The van der Waals surface area contributed by atoms with E-state index in [1.165, 1.54) is 0 Å². The fraction of sp³-hybridized carbons (Fsp3) is 0.231. The Hall–Kier alpha value is -1.52. The van der Waals surface area contributed by atoms with Gasteiger partial charge >= 0.3 is 0 Å². The van der Waals surface area contributed by atoms with E-state index in [-0.39, 0.29) is 0 Å². The van der Waals surface area contributed by atoms with E-state index in [4.69, 9.17) is 23.2 Å². The lowest BCUT2D eigenvalue weighted by Gasteiger charge is -2.07. The molecule has 0 amide bonds. The number of hydrogen-bond acceptors (Lipinski definition) is 2. The molecular formula is C13H12Cl2N4. The molecule has 0 aliphatic heterocycles. The third-order valence-corrected chi connectivity index (χ3v) is 3.49. The van der Waals surface area contributed by atoms with E-state index in [2.05, 4.69) is 14.6 Å². The molecule has 1 aromatic carbocycles. The number of imidazole rings is 1. The first-order valence-electron chi connectivity index (χ1n) is 5.96. The van der Waals surface area contributed by atoms with Crippen LogP contribution < -0.4 is 0 Å². The number of fused-ring (bicyclic) bond motifs is 1. The molecule has 4 nitrogen and oxygen atoms in total. The largest absolute Gasteiger partial charge is 0.325 e. The van der Waals surface area contributed by atoms with Gasteiger partial charge in [0, 0.05) is 24.0 Å². The summed E-state index contributed by atoms with van der Waals surface area (Å²) < 4.78 is 4.00. The van der Waals surface area contributed by atoms with Gasteiger partial charge in [0.15, 0.2) is 0 Å². The van der Waals surface area contributed by atoms with Crippen LogP contribution >= 0.6 is 23.2 Å². The first-order valence-corrected chi connectivity index (χ1v) is 6.87. The number of aryl methyl sites for hydroxylation is 2. The summed E-state index contributed by atoms with van der Waals surface area (Å²) in [6, 6.07) is 7.61. The van der Waals surface area contributed by atoms with Gasteiger partial charge in [0.25, 0.3) is 0 Å². The Morgan fingerprint density at radius 3 is 2.84 bits per heavy atom. The van der Waals surface area contributed by atoms with Crippen LogP contribution in [0.15, 0.2) is 36.7 Å². The van der Waals surface area contributed by atoms with Crippen LogP contribution in [0.3, 0.4) is 0 Å². The second kappa shape index (κ2) is 5.23. The highest BCUT2D eigenvalue weighted by molar-refractivity contribution is 6.31. The van der Waals surface area contributed by atoms with Crippen molar-refractivity contribution in [3.05, 3.63) is 47.5 Å². The lowest BCUT2D eigenvalue weighted by molar-refractivity contribution is 0.533. The average Bonchev–Trinajstić information content (AvgIpc) is 3.02. The topological polar surface area (TPSA) is 35.6 Å². The van der Waals surface area contributed by atoms with Crippen LogP contribution in [0.2, 0.25) is 5.02 Å². The quantitative estimate of drug-likeness (QED) is 0.692. The van der Waals surface area contributed by atoms with Crippen LogP contribution in [-0.4, -0.2) is 19.3 Å². The monoisotopic (exact) mass is 294 g/mol. The summed E-state index contributed by atoms with van der Waals surface area (Å²) in [5.74, 6) is 1.23. The lowest BCUT2D eigenvalue weighted by atomic mass is 10.3. The molecule has 3 rings (SSSR count). The highest BCUT2D eigenvalue weighted by Gasteiger charge is 2.10. The van der Waals surface area contributed by atoms with Gasteiger partial charge in [0.05, 0.1) is 23.5 Å². The minimum absolute atomic E-state index is 0.380. The number of rotatable bonds is 4. The highest BCUT2D eigenvalue weighted by Crippen LogP contribution is 2.21. The van der Waals surface area contributed by atoms with Gasteiger partial charge in [-0.25, -0.2) is 4.98 Å². The summed E-state index contributed by atoms with van der Waals surface area (Å²) in [5, 5.41) is 4.88. The zero-order chi connectivity index (χ0) is 13.2. The van der Waals surface area contributed by atoms with Crippen molar-refractivity contribution in [2.45, 2.75) is 19.0 Å². The van der Waals surface area contributed by atoms with Gasteiger partial charge in [-0.15, -0.1) is 11.6 Å². The Bertz CT molecular complexity index is 688. The molecule has 0 fully saturated rings. The molecule has 0 N–H and O–H groups in total. The summed E-state index contributed by atoms with van der Waals surface area (Å²) in [5.41, 5.74) is 1.93. The normalized spacial score (nSPS) is 11.3. The van der Waals surface area contributed by atoms with Crippen molar-refractivity contribution in [3.63, 3.8) is 0 Å². The van der Waals surface area contributed by atoms with Gasteiger partial charge in [0.2, 0.25) is 0 Å². The molecule has 0 unspecified atom stereocenters. The molecule has 19 heavy (non-hydrogen) atoms. The fourth-order valence-corrected chi connectivity index (χ4v) is 2.51. The van der Waals surface area contributed by atoms with Crippen LogP contribution in [0, 0.1) is 0 Å². The van der Waals surface area contributed by atoms with Crippen molar-refractivity contribution in [1.29, 1.82) is 0 Å². The Labute approximate surface area is 120 Å². The molecule has 0 spiro atoms. The van der Waals surface area contributed by atoms with Gasteiger partial charge in [-0.1, -0.05) is 11.6 Å². The number of halogens is 2. The van der Waals surface area contributed by atoms with Crippen LogP contribution in [0.1, 0.15) is 5.82 Å². The van der Waals surface area contributed by atoms with Crippen LogP contribution in [0.4, 0.5) is 0 Å². The molecule has 0 saturated heterocycles. The lowest BCUT2D eigenvalue weighted by Crippen LogP contribution is -2.09. The van der Waals surface area contributed by atoms with Crippen molar-refractivity contribution in [2.24, 2.45) is 0 Å². The Morgan fingerprint density at radius 2 is 2.11 bits per heavy atom. The predicted octanol–water partition coefficient (Wildman–Crippen LogP) is 3.33. The van der Waals surface area contributed by atoms with Gasteiger partial charge < -0.3 is 4.57 Å². The highest BCUT2D eigenvalue weighted by atomic mass is 35.5. The molecule has 2 heterocycles. The Balaban J connectivity index is 1.96. The van der Waals surface area contributed by atoms with Gasteiger partial charge in [0.1, 0.15) is 5.82 Å². The molecule has 2 aromatic heterocycles. The summed E-state index contributed by atoms with van der Waals surface area (Å²) in [7, 11) is 0. The number of hydrogen-bond donors (Lipinski definition) is 0. The minimum atomic E-state index is 0.380. The first-order chi connectivity index (χ1) is 9.28. The van der Waals surface area contributed by atoms with Crippen molar-refractivity contribution < 1.29 is 0 Å². The number of nitrogens with zero attached hydrogens (tertiary/aromatic N) is 4.